The summed E-state index contributed by atoms with van der Waals surface area (Å²) in [5.74, 6) is -0.151. The normalized spacial score (nSPS) is 11.3. The van der Waals surface area contributed by atoms with Gasteiger partial charge in [-0.2, -0.15) is 13.2 Å². The van der Waals surface area contributed by atoms with Crippen LogP contribution in [0.1, 0.15) is 5.56 Å². The number of amides is 1. The van der Waals surface area contributed by atoms with Crippen LogP contribution in [0.3, 0.4) is 0 Å². The number of carbonyl (C=O) groups is 1. The van der Waals surface area contributed by atoms with Gasteiger partial charge >= 0.3 is 6.18 Å². The fourth-order valence-corrected chi connectivity index (χ4v) is 3.59. The largest absolute Gasteiger partial charge is 0.418 e. The van der Waals surface area contributed by atoms with Crippen molar-refractivity contribution in [2.24, 2.45) is 0 Å². The molecule has 0 fully saturated rings. The number of halogens is 4. The first-order chi connectivity index (χ1) is 14.3. The van der Waals surface area contributed by atoms with Crippen molar-refractivity contribution in [3.05, 3.63) is 71.8 Å². The summed E-state index contributed by atoms with van der Waals surface area (Å²) in [7, 11) is 0. The zero-order valence-electron chi connectivity index (χ0n) is 15.5. The van der Waals surface area contributed by atoms with E-state index in [0.29, 0.717) is 17.5 Å². The summed E-state index contributed by atoms with van der Waals surface area (Å²) in [6, 6.07) is 12.6. The standard InChI is InChI=1S/C20H16ClF3N4OS/c1-2-10-28-18(13-6-4-3-5-7-13)26-27-19(28)30-12-17(29)25-16-9-8-14(21)11-15(16)20(22,23)24/h2-9,11H,1,10,12H2,(H,25,29). The van der Waals surface area contributed by atoms with E-state index in [1.807, 2.05) is 30.3 Å². The monoisotopic (exact) mass is 452 g/mol. The van der Waals surface area contributed by atoms with Gasteiger partial charge < -0.3 is 5.32 Å². The third-order valence-corrected chi connectivity index (χ3v) is 5.16. The van der Waals surface area contributed by atoms with Crippen LogP contribution in [0.2, 0.25) is 5.02 Å². The molecule has 0 saturated heterocycles. The van der Waals surface area contributed by atoms with E-state index in [-0.39, 0.29) is 16.5 Å². The van der Waals surface area contributed by atoms with Crippen LogP contribution in [0.25, 0.3) is 11.4 Å². The molecule has 0 saturated carbocycles. The first-order valence-corrected chi connectivity index (χ1v) is 10.0. The van der Waals surface area contributed by atoms with Gasteiger partial charge in [-0.3, -0.25) is 9.36 Å². The summed E-state index contributed by atoms with van der Waals surface area (Å²) >= 11 is 6.73. The molecule has 0 aliphatic rings. The Morgan fingerprint density at radius 3 is 2.60 bits per heavy atom. The first-order valence-electron chi connectivity index (χ1n) is 8.68. The Balaban J connectivity index is 1.75. The number of anilines is 1. The Labute approximate surface area is 180 Å². The molecule has 156 valence electrons. The number of alkyl halides is 3. The lowest BCUT2D eigenvalue weighted by Gasteiger charge is -2.14. The highest BCUT2D eigenvalue weighted by atomic mass is 35.5. The Kier molecular flexibility index (Phi) is 6.84. The number of thioether (sulfide) groups is 1. The van der Waals surface area contributed by atoms with Crippen molar-refractivity contribution >= 4 is 35.0 Å². The molecule has 1 heterocycles. The van der Waals surface area contributed by atoms with Crippen molar-refractivity contribution in [1.82, 2.24) is 14.8 Å². The highest BCUT2D eigenvalue weighted by Gasteiger charge is 2.34. The van der Waals surface area contributed by atoms with E-state index in [4.69, 9.17) is 11.6 Å². The van der Waals surface area contributed by atoms with Gasteiger partial charge in [0, 0.05) is 17.1 Å². The number of nitrogens with one attached hydrogen (secondary N) is 1. The van der Waals surface area contributed by atoms with Crippen molar-refractivity contribution in [2.75, 3.05) is 11.1 Å². The van der Waals surface area contributed by atoms with E-state index in [9.17, 15) is 18.0 Å². The van der Waals surface area contributed by atoms with E-state index < -0.39 is 17.6 Å². The summed E-state index contributed by atoms with van der Waals surface area (Å²) in [4.78, 5) is 12.3. The number of allylic oxidation sites excluding steroid dienone is 1. The van der Waals surface area contributed by atoms with Crippen LogP contribution in [0.5, 0.6) is 0 Å². The Morgan fingerprint density at radius 1 is 1.20 bits per heavy atom. The summed E-state index contributed by atoms with van der Waals surface area (Å²) in [6.45, 7) is 4.13. The topological polar surface area (TPSA) is 59.8 Å². The fraction of sp³-hybridized carbons (Fsp3) is 0.150. The molecular weight excluding hydrogens is 437 g/mol. The van der Waals surface area contributed by atoms with Gasteiger partial charge in [0.05, 0.1) is 17.0 Å². The van der Waals surface area contributed by atoms with Crippen molar-refractivity contribution in [1.29, 1.82) is 0 Å². The summed E-state index contributed by atoms with van der Waals surface area (Å²) in [5.41, 5.74) is -0.510. The second-order valence-corrected chi connectivity index (χ2v) is 7.47. The molecule has 0 radical (unpaired) electrons. The predicted molar refractivity (Wildman–Crippen MR) is 111 cm³/mol. The van der Waals surface area contributed by atoms with E-state index in [1.165, 1.54) is 6.07 Å². The number of nitrogens with zero attached hydrogens (tertiary/aromatic N) is 3. The summed E-state index contributed by atoms with van der Waals surface area (Å²) in [6.07, 6.45) is -2.97. The third kappa shape index (κ3) is 5.22. The molecule has 1 amide bonds. The van der Waals surface area contributed by atoms with Gasteiger partial charge in [-0.25, -0.2) is 0 Å². The molecule has 0 aliphatic carbocycles. The average molecular weight is 453 g/mol. The Hall–Kier alpha value is -2.78. The van der Waals surface area contributed by atoms with E-state index in [0.717, 1.165) is 29.5 Å². The number of hydrogen-bond donors (Lipinski definition) is 1. The van der Waals surface area contributed by atoms with Gasteiger partial charge in [0.25, 0.3) is 0 Å². The maximum absolute atomic E-state index is 13.2. The number of benzene rings is 2. The zero-order valence-corrected chi connectivity index (χ0v) is 17.1. The molecule has 30 heavy (non-hydrogen) atoms. The molecule has 1 N–H and O–H groups in total. The molecule has 3 aromatic rings. The minimum Gasteiger partial charge on any atom is -0.325 e. The molecule has 0 unspecified atom stereocenters. The molecule has 3 rings (SSSR count). The average Bonchev–Trinajstić information content (AvgIpc) is 3.10. The second kappa shape index (κ2) is 9.36. The molecule has 0 spiro atoms. The molecule has 0 atom stereocenters. The zero-order chi connectivity index (χ0) is 21.7. The number of carbonyl (C=O) groups excluding carboxylic acids is 1. The molecule has 1 aromatic heterocycles. The summed E-state index contributed by atoms with van der Waals surface area (Å²) in [5, 5.41) is 11.0. The van der Waals surface area contributed by atoms with Crippen LogP contribution >= 0.6 is 23.4 Å². The minimum atomic E-state index is -4.64. The van der Waals surface area contributed by atoms with Crippen molar-refractivity contribution < 1.29 is 18.0 Å². The smallest absolute Gasteiger partial charge is 0.325 e. The van der Waals surface area contributed by atoms with Crippen molar-refractivity contribution in [3.63, 3.8) is 0 Å². The third-order valence-electron chi connectivity index (χ3n) is 3.95. The van der Waals surface area contributed by atoms with Crippen LogP contribution in [0.4, 0.5) is 18.9 Å². The molecule has 5 nitrogen and oxygen atoms in total. The van der Waals surface area contributed by atoms with Crippen LogP contribution in [0, 0.1) is 0 Å². The summed E-state index contributed by atoms with van der Waals surface area (Å²) < 4.78 is 41.3. The maximum atomic E-state index is 13.2. The minimum absolute atomic E-state index is 0.0688. The Morgan fingerprint density at radius 2 is 1.93 bits per heavy atom. The fourth-order valence-electron chi connectivity index (χ4n) is 2.67. The lowest BCUT2D eigenvalue weighted by atomic mass is 10.1. The molecular formula is C20H16ClF3N4OS. The first kappa shape index (κ1) is 21.9. The number of aromatic nitrogens is 3. The van der Waals surface area contributed by atoms with Gasteiger partial charge in [0.15, 0.2) is 11.0 Å². The van der Waals surface area contributed by atoms with Gasteiger partial charge in [-0.1, -0.05) is 59.8 Å². The van der Waals surface area contributed by atoms with Gasteiger partial charge in [0.1, 0.15) is 0 Å². The number of hydrogen-bond acceptors (Lipinski definition) is 4. The molecule has 0 aliphatic heterocycles. The molecule has 2 aromatic carbocycles. The van der Waals surface area contributed by atoms with E-state index in [2.05, 4.69) is 22.1 Å². The highest BCUT2D eigenvalue weighted by molar-refractivity contribution is 7.99. The molecule has 10 heteroatoms. The Bertz CT molecular complexity index is 1050. The maximum Gasteiger partial charge on any atom is 0.418 e. The van der Waals surface area contributed by atoms with Crippen LogP contribution < -0.4 is 5.32 Å². The van der Waals surface area contributed by atoms with Crippen molar-refractivity contribution in [3.8, 4) is 11.4 Å². The lowest BCUT2D eigenvalue weighted by molar-refractivity contribution is -0.137. The van der Waals surface area contributed by atoms with Gasteiger partial charge in [-0.15, -0.1) is 16.8 Å². The van der Waals surface area contributed by atoms with Gasteiger partial charge in [0.2, 0.25) is 5.91 Å². The van der Waals surface area contributed by atoms with Crippen molar-refractivity contribution in [2.45, 2.75) is 17.9 Å². The van der Waals surface area contributed by atoms with Crippen LogP contribution in [-0.4, -0.2) is 26.4 Å². The van der Waals surface area contributed by atoms with E-state index >= 15 is 0 Å². The predicted octanol–water partition coefficient (Wildman–Crippen LogP) is 5.53. The van der Waals surface area contributed by atoms with Crippen LogP contribution in [-0.2, 0) is 17.5 Å². The highest BCUT2D eigenvalue weighted by Crippen LogP contribution is 2.36. The second-order valence-electron chi connectivity index (χ2n) is 6.10. The van der Waals surface area contributed by atoms with Crippen LogP contribution in [0.15, 0.2) is 66.3 Å². The lowest BCUT2D eigenvalue weighted by Crippen LogP contribution is -2.18. The quantitative estimate of drug-likeness (QED) is 0.378. The van der Waals surface area contributed by atoms with Gasteiger partial charge in [-0.05, 0) is 18.2 Å². The SMILES string of the molecule is C=CCn1c(SCC(=O)Nc2ccc(Cl)cc2C(F)(F)F)nnc1-c1ccccc1. The van der Waals surface area contributed by atoms with E-state index in [1.54, 1.807) is 10.6 Å². The number of rotatable bonds is 7. The molecule has 0 bridgehead atoms.